The molecule has 0 aromatic heterocycles. The Morgan fingerprint density at radius 3 is 2.22 bits per heavy atom. The van der Waals surface area contributed by atoms with Crippen molar-refractivity contribution in [2.45, 2.75) is 59.9 Å². The van der Waals surface area contributed by atoms with Crippen LogP contribution in [0.4, 0.5) is 0 Å². The zero-order valence-corrected chi connectivity index (χ0v) is 12.0. The number of carboxylic acid groups (broad SMARTS) is 1. The molecule has 0 aromatic rings. The molecular weight excluding hydrogens is 230 g/mol. The van der Waals surface area contributed by atoms with Crippen molar-refractivity contribution in [2.75, 3.05) is 0 Å². The van der Waals surface area contributed by atoms with E-state index in [4.69, 9.17) is 0 Å². The van der Waals surface area contributed by atoms with Crippen LogP contribution in [0.2, 0.25) is 0 Å². The largest absolute Gasteiger partial charge is 0.481 e. The summed E-state index contributed by atoms with van der Waals surface area (Å²) in [5.74, 6) is -2.39. The molecule has 0 aliphatic heterocycles. The molecule has 4 nitrogen and oxygen atoms in total. The van der Waals surface area contributed by atoms with Crippen LogP contribution in [-0.4, -0.2) is 23.0 Å². The molecule has 0 radical (unpaired) electrons. The SMILES string of the molecule is CC(C)(C)C(C(=O)O)C(=O)NC1CCCC1(C)C. The van der Waals surface area contributed by atoms with Crippen molar-refractivity contribution in [3.05, 3.63) is 0 Å². The average Bonchev–Trinajstić information content (AvgIpc) is 2.42. The Kier molecular flexibility index (Phi) is 4.08. The summed E-state index contributed by atoms with van der Waals surface area (Å²) in [5, 5.41) is 12.2. The molecule has 0 spiro atoms. The zero-order valence-electron chi connectivity index (χ0n) is 12.0. The maximum absolute atomic E-state index is 12.2. The third-order valence-electron chi connectivity index (χ3n) is 3.95. The number of carbonyl (C=O) groups is 2. The molecule has 1 aliphatic carbocycles. The molecule has 2 unspecified atom stereocenters. The molecule has 18 heavy (non-hydrogen) atoms. The molecule has 1 amide bonds. The van der Waals surface area contributed by atoms with E-state index in [9.17, 15) is 14.7 Å². The van der Waals surface area contributed by atoms with E-state index in [0.29, 0.717) is 0 Å². The van der Waals surface area contributed by atoms with E-state index >= 15 is 0 Å². The highest BCUT2D eigenvalue weighted by Crippen LogP contribution is 2.37. The number of rotatable bonds is 3. The fourth-order valence-electron chi connectivity index (χ4n) is 2.73. The normalized spacial score (nSPS) is 24.6. The Morgan fingerprint density at radius 1 is 1.33 bits per heavy atom. The van der Waals surface area contributed by atoms with Crippen LogP contribution in [0.25, 0.3) is 0 Å². The van der Waals surface area contributed by atoms with Gasteiger partial charge in [-0.25, -0.2) is 0 Å². The first-order chi connectivity index (χ1) is 8.05. The van der Waals surface area contributed by atoms with Crippen molar-refractivity contribution < 1.29 is 14.7 Å². The molecule has 0 aromatic carbocycles. The summed E-state index contributed by atoms with van der Waals surface area (Å²) < 4.78 is 0. The van der Waals surface area contributed by atoms with Gasteiger partial charge in [0.25, 0.3) is 0 Å². The van der Waals surface area contributed by atoms with Gasteiger partial charge in [-0.15, -0.1) is 0 Å². The smallest absolute Gasteiger partial charge is 0.316 e. The molecule has 1 saturated carbocycles. The highest BCUT2D eigenvalue weighted by Gasteiger charge is 2.41. The van der Waals surface area contributed by atoms with E-state index in [1.807, 2.05) is 0 Å². The quantitative estimate of drug-likeness (QED) is 0.761. The van der Waals surface area contributed by atoms with Crippen LogP contribution in [-0.2, 0) is 9.59 Å². The van der Waals surface area contributed by atoms with Gasteiger partial charge in [0.2, 0.25) is 5.91 Å². The number of carbonyl (C=O) groups excluding carboxylic acids is 1. The second-order valence-corrected chi connectivity index (χ2v) is 7.08. The van der Waals surface area contributed by atoms with E-state index in [0.717, 1.165) is 19.3 Å². The average molecular weight is 255 g/mol. The van der Waals surface area contributed by atoms with Crippen molar-refractivity contribution in [1.82, 2.24) is 5.32 Å². The minimum atomic E-state index is -1.05. The number of hydrogen-bond donors (Lipinski definition) is 2. The standard InChI is InChI=1S/C14H25NO3/c1-13(2,3)10(12(17)18)11(16)15-9-7-6-8-14(9,4)5/h9-10H,6-8H2,1-5H3,(H,15,16)(H,17,18). The van der Waals surface area contributed by atoms with Crippen molar-refractivity contribution in [1.29, 1.82) is 0 Å². The summed E-state index contributed by atoms with van der Waals surface area (Å²) in [7, 11) is 0. The first kappa shape index (κ1) is 15.0. The van der Waals surface area contributed by atoms with Gasteiger partial charge >= 0.3 is 5.97 Å². The van der Waals surface area contributed by atoms with E-state index in [1.54, 1.807) is 20.8 Å². The molecule has 2 N–H and O–H groups in total. The van der Waals surface area contributed by atoms with Crippen LogP contribution in [0.15, 0.2) is 0 Å². The van der Waals surface area contributed by atoms with Crippen LogP contribution in [0, 0.1) is 16.7 Å². The second-order valence-electron chi connectivity index (χ2n) is 7.08. The lowest BCUT2D eigenvalue weighted by Crippen LogP contribution is -2.49. The van der Waals surface area contributed by atoms with Crippen LogP contribution >= 0.6 is 0 Å². The molecule has 0 heterocycles. The monoisotopic (exact) mass is 255 g/mol. The lowest BCUT2D eigenvalue weighted by Gasteiger charge is -2.32. The molecule has 1 rings (SSSR count). The van der Waals surface area contributed by atoms with Crippen molar-refractivity contribution in [3.8, 4) is 0 Å². The van der Waals surface area contributed by atoms with Gasteiger partial charge in [-0.2, -0.15) is 0 Å². The highest BCUT2D eigenvalue weighted by molar-refractivity contribution is 5.97. The van der Waals surface area contributed by atoms with Crippen LogP contribution in [0.1, 0.15) is 53.9 Å². The summed E-state index contributed by atoms with van der Waals surface area (Å²) >= 11 is 0. The minimum Gasteiger partial charge on any atom is -0.481 e. The number of amides is 1. The summed E-state index contributed by atoms with van der Waals surface area (Å²) in [4.78, 5) is 23.4. The van der Waals surface area contributed by atoms with E-state index < -0.39 is 17.3 Å². The van der Waals surface area contributed by atoms with Gasteiger partial charge in [0.05, 0.1) is 0 Å². The van der Waals surface area contributed by atoms with Crippen molar-refractivity contribution in [3.63, 3.8) is 0 Å². The molecule has 2 atom stereocenters. The predicted octanol–water partition coefficient (Wildman–Crippen LogP) is 2.43. The van der Waals surface area contributed by atoms with E-state index in [1.165, 1.54) is 0 Å². The first-order valence-corrected chi connectivity index (χ1v) is 6.59. The first-order valence-electron chi connectivity index (χ1n) is 6.59. The van der Waals surface area contributed by atoms with Gasteiger partial charge in [0, 0.05) is 6.04 Å². The molecule has 104 valence electrons. The lowest BCUT2D eigenvalue weighted by molar-refractivity contribution is -0.152. The van der Waals surface area contributed by atoms with E-state index in [-0.39, 0.29) is 17.4 Å². The fraction of sp³-hybridized carbons (Fsp3) is 0.857. The lowest BCUT2D eigenvalue weighted by atomic mass is 9.79. The minimum absolute atomic E-state index is 0.0661. The molecule has 4 heteroatoms. The maximum atomic E-state index is 12.2. The van der Waals surface area contributed by atoms with E-state index in [2.05, 4.69) is 19.2 Å². The summed E-state index contributed by atoms with van der Waals surface area (Å²) in [6.45, 7) is 9.59. The highest BCUT2D eigenvalue weighted by atomic mass is 16.4. The van der Waals surface area contributed by atoms with Gasteiger partial charge in [-0.05, 0) is 23.7 Å². The third kappa shape index (κ3) is 3.24. The zero-order chi connectivity index (χ0) is 14.1. The maximum Gasteiger partial charge on any atom is 0.316 e. The van der Waals surface area contributed by atoms with Gasteiger partial charge in [0.1, 0.15) is 5.92 Å². The topological polar surface area (TPSA) is 66.4 Å². The van der Waals surface area contributed by atoms with Crippen molar-refractivity contribution in [2.24, 2.45) is 16.7 Å². The molecule has 1 aliphatic rings. The number of aliphatic carboxylic acids is 1. The Hall–Kier alpha value is -1.06. The van der Waals surface area contributed by atoms with Crippen LogP contribution in [0.5, 0.6) is 0 Å². The van der Waals surface area contributed by atoms with Gasteiger partial charge < -0.3 is 10.4 Å². The fourth-order valence-corrected chi connectivity index (χ4v) is 2.73. The Balaban J connectivity index is 2.78. The molecule has 0 saturated heterocycles. The van der Waals surface area contributed by atoms with Crippen LogP contribution in [0.3, 0.4) is 0 Å². The van der Waals surface area contributed by atoms with Crippen molar-refractivity contribution >= 4 is 11.9 Å². The predicted molar refractivity (Wildman–Crippen MR) is 70.1 cm³/mol. The Bertz CT molecular complexity index is 341. The molecular formula is C14H25NO3. The summed E-state index contributed by atoms with van der Waals surface area (Å²) in [6, 6.07) is 0.0919. The molecule has 0 bridgehead atoms. The number of nitrogens with one attached hydrogen (secondary N) is 1. The number of carboxylic acids is 1. The third-order valence-corrected chi connectivity index (χ3v) is 3.95. The molecule has 1 fully saturated rings. The van der Waals surface area contributed by atoms with Gasteiger partial charge in [-0.1, -0.05) is 41.0 Å². The Labute approximate surface area is 109 Å². The van der Waals surface area contributed by atoms with Gasteiger partial charge in [-0.3, -0.25) is 9.59 Å². The van der Waals surface area contributed by atoms with Crippen LogP contribution < -0.4 is 5.32 Å². The number of hydrogen-bond acceptors (Lipinski definition) is 2. The second kappa shape index (κ2) is 4.90. The van der Waals surface area contributed by atoms with Gasteiger partial charge in [0.15, 0.2) is 0 Å². The summed E-state index contributed by atoms with van der Waals surface area (Å²) in [5.41, 5.74) is -0.505. The Morgan fingerprint density at radius 2 is 1.89 bits per heavy atom. The summed E-state index contributed by atoms with van der Waals surface area (Å²) in [6.07, 6.45) is 3.10.